The van der Waals surface area contributed by atoms with E-state index in [0.717, 1.165) is 0 Å². The first-order valence-corrected chi connectivity index (χ1v) is 4.82. The molecule has 2 aliphatic heterocycles. The molecular formula is C9H16O5. The van der Waals surface area contributed by atoms with E-state index >= 15 is 0 Å². The van der Waals surface area contributed by atoms with Crippen LogP contribution in [0.4, 0.5) is 0 Å². The zero-order valence-corrected chi connectivity index (χ0v) is 8.34. The van der Waals surface area contributed by atoms with E-state index in [1.54, 1.807) is 0 Å². The van der Waals surface area contributed by atoms with Crippen molar-refractivity contribution in [3.8, 4) is 0 Å². The average molecular weight is 204 g/mol. The van der Waals surface area contributed by atoms with Crippen molar-refractivity contribution in [3.05, 3.63) is 0 Å². The second kappa shape index (κ2) is 3.43. The molecule has 82 valence electrons. The maximum atomic E-state index is 9.36. The van der Waals surface area contributed by atoms with E-state index in [4.69, 9.17) is 19.3 Å². The standard InChI is InChI=1S/C9H16O5/c1-9(2)13-7-3-6(5(11)4-10)12-8(7)14-9/h5-8,10-11H,3-4H2,1-2H3/t5-,6+,7-,8-/m1/s1. The molecule has 0 spiro atoms. The van der Waals surface area contributed by atoms with Crippen molar-refractivity contribution in [2.75, 3.05) is 6.61 Å². The van der Waals surface area contributed by atoms with Gasteiger partial charge in [-0.15, -0.1) is 0 Å². The van der Waals surface area contributed by atoms with Crippen LogP contribution in [-0.4, -0.2) is 47.2 Å². The Balaban J connectivity index is 1.93. The first kappa shape index (κ1) is 10.3. The van der Waals surface area contributed by atoms with Crippen LogP contribution in [0.15, 0.2) is 0 Å². The summed E-state index contributed by atoms with van der Waals surface area (Å²) in [6, 6.07) is 0. The highest BCUT2D eigenvalue weighted by Crippen LogP contribution is 2.37. The van der Waals surface area contributed by atoms with Gasteiger partial charge in [0.2, 0.25) is 0 Å². The molecular weight excluding hydrogens is 188 g/mol. The second-order valence-corrected chi connectivity index (χ2v) is 4.20. The van der Waals surface area contributed by atoms with Crippen LogP contribution in [0.2, 0.25) is 0 Å². The quantitative estimate of drug-likeness (QED) is 0.641. The third kappa shape index (κ3) is 1.78. The molecule has 14 heavy (non-hydrogen) atoms. The predicted octanol–water partition coefficient (Wildman–Crippen LogP) is -0.394. The summed E-state index contributed by atoms with van der Waals surface area (Å²) in [4.78, 5) is 0. The molecule has 2 heterocycles. The number of rotatable bonds is 2. The lowest BCUT2D eigenvalue weighted by atomic mass is 10.1. The zero-order chi connectivity index (χ0) is 10.3. The van der Waals surface area contributed by atoms with Crippen LogP contribution in [0.5, 0.6) is 0 Å². The van der Waals surface area contributed by atoms with Crippen molar-refractivity contribution in [1.29, 1.82) is 0 Å². The Hall–Kier alpha value is -0.200. The van der Waals surface area contributed by atoms with Gasteiger partial charge in [-0.05, 0) is 13.8 Å². The van der Waals surface area contributed by atoms with Gasteiger partial charge in [0.1, 0.15) is 12.2 Å². The second-order valence-electron chi connectivity index (χ2n) is 4.20. The van der Waals surface area contributed by atoms with Crippen LogP contribution >= 0.6 is 0 Å². The molecule has 0 bridgehead atoms. The van der Waals surface area contributed by atoms with Gasteiger partial charge in [-0.2, -0.15) is 0 Å². The summed E-state index contributed by atoms with van der Waals surface area (Å²) in [6.45, 7) is 3.35. The van der Waals surface area contributed by atoms with E-state index in [9.17, 15) is 5.11 Å². The van der Waals surface area contributed by atoms with Crippen molar-refractivity contribution in [2.45, 2.75) is 50.7 Å². The Labute approximate surface area is 82.6 Å². The predicted molar refractivity (Wildman–Crippen MR) is 46.4 cm³/mol. The molecule has 5 heteroatoms. The molecule has 0 aromatic heterocycles. The number of fused-ring (bicyclic) bond motifs is 1. The van der Waals surface area contributed by atoms with Gasteiger partial charge in [-0.1, -0.05) is 0 Å². The molecule has 0 radical (unpaired) electrons. The van der Waals surface area contributed by atoms with Crippen LogP contribution in [0.25, 0.3) is 0 Å². The van der Waals surface area contributed by atoms with Gasteiger partial charge in [-0.25, -0.2) is 0 Å². The maximum absolute atomic E-state index is 9.36. The number of aliphatic hydroxyl groups excluding tert-OH is 2. The molecule has 0 aromatic carbocycles. The highest BCUT2D eigenvalue weighted by atomic mass is 16.8. The first-order chi connectivity index (χ1) is 6.52. The lowest BCUT2D eigenvalue weighted by Crippen LogP contribution is -2.32. The third-order valence-electron chi connectivity index (χ3n) is 2.53. The first-order valence-electron chi connectivity index (χ1n) is 4.82. The van der Waals surface area contributed by atoms with Crippen molar-refractivity contribution in [2.24, 2.45) is 0 Å². The summed E-state index contributed by atoms with van der Waals surface area (Å²) in [6.07, 6.45) is -1.20. The normalized spacial score (nSPS) is 42.4. The molecule has 4 atom stereocenters. The summed E-state index contributed by atoms with van der Waals surface area (Å²) in [5, 5.41) is 18.1. The molecule has 2 saturated heterocycles. The summed E-state index contributed by atoms with van der Waals surface area (Å²) >= 11 is 0. The summed E-state index contributed by atoms with van der Waals surface area (Å²) in [7, 11) is 0. The van der Waals surface area contributed by atoms with Gasteiger partial charge in [-0.3, -0.25) is 0 Å². The molecule has 0 unspecified atom stereocenters. The Bertz CT molecular complexity index is 201. The number of aliphatic hydroxyl groups is 2. The van der Waals surface area contributed by atoms with Gasteiger partial charge in [0.15, 0.2) is 12.1 Å². The van der Waals surface area contributed by atoms with Crippen LogP contribution in [0, 0.1) is 0 Å². The topological polar surface area (TPSA) is 68.2 Å². The molecule has 2 aliphatic rings. The van der Waals surface area contributed by atoms with E-state index in [0.29, 0.717) is 6.42 Å². The molecule has 5 nitrogen and oxygen atoms in total. The van der Waals surface area contributed by atoms with Gasteiger partial charge in [0.25, 0.3) is 0 Å². The Morgan fingerprint density at radius 1 is 1.43 bits per heavy atom. The molecule has 0 aromatic rings. The minimum absolute atomic E-state index is 0.129. The molecule has 0 aliphatic carbocycles. The van der Waals surface area contributed by atoms with Gasteiger partial charge >= 0.3 is 0 Å². The van der Waals surface area contributed by atoms with Crippen molar-refractivity contribution < 1.29 is 24.4 Å². The highest BCUT2D eigenvalue weighted by molar-refractivity contribution is 4.87. The molecule has 0 amide bonds. The molecule has 2 N–H and O–H groups in total. The Morgan fingerprint density at radius 2 is 2.14 bits per heavy atom. The largest absolute Gasteiger partial charge is 0.394 e. The Kier molecular flexibility index (Phi) is 2.53. The minimum atomic E-state index is -0.851. The fraction of sp³-hybridized carbons (Fsp3) is 1.00. The minimum Gasteiger partial charge on any atom is -0.394 e. The van der Waals surface area contributed by atoms with E-state index in [2.05, 4.69) is 0 Å². The van der Waals surface area contributed by atoms with Crippen molar-refractivity contribution in [3.63, 3.8) is 0 Å². The summed E-state index contributed by atoms with van der Waals surface area (Å²) in [5.41, 5.74) is 0. The average Bonchev–Trinajstić information content (AvgIpc) is 2.56. The monoisotopic (exact) mass is 204 g/mol. The number of hydrogen-bond donors (Lipinski definition) is 2. The van der Waals surface area contributed by atoms with E-state index in [1.807, 2.05) is 13.8 Å². The van der Waals surface area contributed by atoms with Gasteiger partial charge in [0, 0.05) is 6.42 Å². The molecule has 2 rings (SSSR count). The maximum Gasteiger partial charge on any atom is 0.187 e. The van der Waals surface area contributed by atoms with Crippen LogP contribution in [0.1, 0.15) is 20.3 Å². The fourth-order valence-electron chi connectivity index (χ4n) is 1.90. The van der Waals surface area contributed by atoms with E-state index < -0.39 is 18.2 Å². The van der Waals surface area contributed by atoms with Crippen LogP contribution < -0.4 is 0 Å². The summed E-state index contributed by atoms with van der Waals surface area (Å²) < 4.78 is 16.4. The Morgan fingerprint density at radius 3 is 2.71 bits per heavy atom. The lowest BCUT2D eigenvalue weighted by Gasteiger charge is -2.22. The van der Waals surface area contributed by atoms with Crippen molar-refractivity contribution >= 4 is 0 Å². The molecule has 0 saturated carbocycles. The summed E-state index contributed by atoms with van der Waals surface area (Å²) in [5.74, 6) is -0.607. The number of ether oxygens (including phenoxy) is 3. The van der Waals surface area contributed by atoms with Crippen LogP contribution in [0.3, 0.4) is 0 Å². The van der Waals surface area contributed by atoms with Gasteiger partial charge in [0.05, 0.1) is 12.7 Å². The zero-order valence-electron chi connectivity index (χ0n) is 8.34. The lowest BCUT2D eigenvalue weighted by molar-refractivity contribution is -0.215. The van der Waals surface area contributed by atoms with E-state index in [1.165, 1.54) is 0 Å². The van der Waals surface area contributed by atoms with Crippen molar-refractivity contribution in [1.82, 2.24) is 0 Å². The highest BCUT2D eigenvalue weighted by Gasteiger charge is 2.49. The third-order valence-corrected chi connectivity index (χ3v) is 2.53. The fourth-order valence-corrected chi connectivity index (χ4v) is 1.90. The molecule has 2 fully saturated rings. The smallest absolute Gasteiger partial charge is 0.187 e. The van der Waals surface area contributed by atoms with Gasteiger partial charge < -0.3 is 24.4 Å². The SMILES string of the molecule is CC1(C)O[C@H]2O[C@H]([C@H](O)CO)C[C@H]2O1. The number of hydrogen-bond acceptors (Lipinski definition) is 5. The van der Waals surface area contributed by atoms with E-state index in [-0.39, 0.29) is 18.8 Å². The van der Waals surface area contributed by atoms with Crippen LogP contribution in [-0.2, 0) is 14.2 Å².